The molecule has 11 amide bonds. The van der Waals surface area contributed by atoms with Gasteiger partial charge in [0.25, 0.3) is 11.8 Å². The number of fused-ring (bicyclic) bond motifs is 5. The fourth-order valence-corrected chi connectivity index (χ4v) is 13.4. The van der Waals surface area contributed by atoms with Crippen LogP contribution in [-0.4, -0.2) is 199 Å². The van der Waals surface area contributed by atoms with Crippen molar-refractivity contribution in [2.75, 3.05) is 45.1 Å². The first kappa shape index (κ1) is 69.5. The molecule has 1 aromatic heterocycles. The second-order valence-corrected chi connectivity index (χ2v) is 25.5. The maximum absolute atomic E-state index is 15.1. The van der Waals surface area contributed by atoms with E-state index in [1.54, 1.807) is 13.8 Å². The summed E-state index contributed by atoms with van der Waals surface area (Å²) < 4.78 is 20.8. The van der Waals surface area contributed by atoms with E-state index in [0.29, 0.717) is 45.2 Å². The maximum atomic E-state index is 15.1. The molecule has 0 spiro atoms. The molecule has 1 aromatic carbocycles. The number of esters is 1. The van der Waals surface area contributed by atoms with Crippen molar-refractivity contribution in [3.05, 3.63) is 35.9 Å². The highest BCUT2D eigenvalue weighted by Gasteiger charge is 2.45. The van der Waals surface area contributed by atoms with Gasteiger partial charge in [0.2, 0.25) is 53.2 Å². The van der Waals surface area contributed by atoms with E-state index in [0.717, 1.165) is 37.0 Å². The fraction of sp³-hybridized carbons (Fsp3) is 0.617. The number of nitrogens with one attached hydrogen (secondary N) is 8. The molecule has 13 N–H and O–H groups in total. The molecule has 7 rings (SSSR count). The number of carbonyl (C=O) groups is 13. The van der Waals surface area contributed by atoms with Crippen molar-refractivity contribution >= 4 is 98.4 Å². The van der Waals surface area contributed by atoms with Crippen molar-refractivity contribution in [2.45, 2.75) is 165 Å². The highest BCUT2D eigenvalue weighted by atomic mass is 32.2. The SMILES string of the molecule is CC[C@H](C)[C@@H]1NC(=O)CNC(=O)[C@H]2Cc3c([nH]c4cc(OC(=O)CCCCCCCNC(=O)C5CCC(CN6C(=O)C=CC6=O)CC5)ccc34)S(=O)C[C@H](NC(=O)CNC1=O)C(=O)C[C@@H](CC(N)=O)C(=O)N1C[C@H](O)C[C@H]1C(=O)N[C@@H]([C@@H](C)[C@@H](O)CO)C(=O)N2. The fourth-order valence-electron chi connectivity index (χ4n) is 12.0. The molecule has 2 aromatic rings. The molecule has 4 aliphatic heterocycles. The summed E-state index contributed by atoms with van der Waals surface area (Å²) in [5.41, 5.74) is 5.82. The smallest absolute Gasteiger partial charge is 0.311 e. The van der Waals surface area contributed by atoms with Crippen LogP contribution in [-0.2, 0) is 79.5 Å². The lowest BCUT2D eigenvalue weighted by atomic mass is 9.81. The van der Waals surface area contributed by atoms with Crippen LogP contribution < -0.4 is 47.7 Å². The van der Waals surface area contributed by atoms with E-state index >= 15 is 4.21 Å². The van der Waals surface area contributed by atoms with Gasteiger partial charge >= 0.3 is 5.97 Å². The number of benzene rings is 1. The Labute approximate surface area is 521 Å². The predicted molar refractivity (Wildman–Crippen MR) is 319 cm³/mol. The number of aliphatic hydroxyl groups excluding tert-OH is 3. The number of aromatic nitrogens is 1. The van der Waals surface area contributed by atoms with E-state index in [-0.39, 0.29) is 63.2 Å². The quantitative estimate of drug-likeness (QED) is 0.0301. The number of Topliss-reactive ketones (excluding diaryl/α,β-unsaturated/α-hetero) is 1. The van der Waals surface area contributed by atoms with Crippen LogP contribution in [0.1, 0.15) is 116 Å². The molecule has 2 fully saturated rings. The summed E-state index contributed by atoms with van der Waals surface area (Å²) in [5.74, 6) is -14.4. The molecule has 1 saturated heterocycles. The van der Waals surface area contributed by atoms with Crippen LogP contribution >= 0.6 is 0 Å². The van der Waals surface area contributed by atoms with Crippen LogP contribution in [0.5, 0.6) is 5.75 Å². The number of aliphatic hydroxyl groups is 3. The predicted octanol–water partition coefficient (Wildman–Crippen LogP) is -2.44. The number of amides is 11. The van der Waals surface area contributed by atoms with Crippen LogP contribution in [0.15, 0.2) is 35.4 Å². The number of nitrogens with two attached hydrogens (primary N) is 1. The molecule has 90 heavy (non-hydrogen) atoms. The lowest BCUT2D eigenvalue weighted by Gasteiger charge is -2.32. The molecular weight excluding hydrogens is 1190 g/mol. The molecule has 29 nitrogen and oxygen atoms in total. The lowest BCUT2D eigenvalue weighted by molar-refractivity contribution is -0.145. The van der Waals surface area contributed by atoms with Gasteiger partial charge in [-0.05, 0) is 68.1 Å². The number of nitrogens with zero attached hydrogens (tertiary/aromatic N) is 2. The van der Waals surface area contributed by atoms with Crippen molar-refractivity contribution in [1.82, 2.24) is 52.0 Å². The summed E-state index contributed by atoms with van der Waals surface area (Å²) >= 11 is 0. The Bertz CT molecular complexity index is 3110. The maximum Gasteiger partial charge on any atom is 0.311 e. The summed E-state index contributed by atoms with van der Waals surface area (Å²) in [5, 5.41) is 49.9. The minimum Gasteiger partial charge on any atom is -0.426 e. The molecule has 5 aliphatic rings. The normalized spacial score (nSPS) is 27.1. The number of ketones is 1. The Hall–Kier alpha value is -7.96. The molecule has 1 saturated carbocycles. The Morgan fingerprint density at radius 2 is 1.47 bits per heavy atom. The lowest BCUT2D eigenvalue weighted by Crippen LogP contribution is -2.61. The van der Waals surface area contributed by atoms with E-state index in [1.807, 2.05) is 0 Å². The zero-order valence-corrected chi connectivity index (χ0v) is 51.5. The van der Waals surface area contributed by atoms with Crippen LogP contribution in [0.2, 0.25) is 0 Å². The summed E-state index contributed by atoms with van der Waals surface area (Å²) in [6.45, 7) is 2.54. The summed E-state index contributed by atoms with van der Waals surface area (Å²) in [6, 6.07) is -3.88. The highest BCUT2D eigenvalue weighted by Crippen LogP contribution is 2.33. The van der Waals surface area contributed by atoms with Crippen molar-refractivity contribution in [2.24, 2.45) is 35.3 Å². The van der Waals surface area contributed by atoms with Gasteiger partial charge < -0.3 is 72.9 Å². The van der Waals surface area contributed by atoms with Gasteiger partial charge in [-0.3, -0.25) is 71.4 Å². The standard InChI is InChI=1S/C60H83N11O18S/c1-4-31(2)52-57(85)64-25-47(77)65-42-30-90(88)59-39(38-16-15-37(23-40(38)67-59)89-51(81)10-8-6-5-7-9-19-62-54(82)34-13-11-33(12-14-34)27-71-49(79)17-18-50(71)80)24-41(55(83)63-26-48(78)68-52)66-58(86)53(32(3)45(75)29-72)69-56(84)43-22-36(73)28-70(43)60(87)35(20-44(42)74)21-46(61)76/h15-18,23,31-36,41-43,45,52-53,67,72-73,75H,4-14,19-22,24-30H2,1-3H3,(H2,61,76)(H,62,82)(H,63,83)(H,64,85)(H,65,77)(H,66,86)(H,68,78)(H,69,84)/t31-,32-,33?,34?,35-,36+,41+,42-,43-,45-,52-,53-,90?/m0/s1. The average Bonchev–Trinajstić information content (AvgIpc) is 1.72. The van der Waals surface area contributed by atoms with E-state index in [4.69, 9.17) is 10.5 Å². The molecule has 2 bridgehead atoms. The van der Waals surface area contributed by atoms with Crippen molar-refractivity contribution in [3.63, 3.8) is 0 Å². The van der Waals surface area contributed by atoms with Gasteiger partial charge in [0.1, 0.15) is 34.9 Å². The van der Waals surface area contributed by atoms with Gasteiger partial charge in [0, 0.05) is 87.2 Å². The third-order valence-corrected chi connectivity index (χ3v) is 18.9. The number of ether oxygens (including phenoxy) is 1. The summed E-state index contributed by atoms with van der Waals surface area (Å²) in [4.78, 5) is 182. The number of unbranched alkanes of at least 4 members (excludes halogenated alkanes) is 4. The molecule has 492 valence electrons. The third kappa shape index (κ3) is 18.4. The van der Waals surface area contributed by atoms with Gasteiger partial charge in [-0.25, -0.2) is 0 Å². The van der Waals surface area contributed by atoms with Crippen molar-refractivity contribution in [1.29, 1.82) is 0 Å². The molecule has 11 atom stereocenters. The van der Waals surface area contributed by atoms with E-state index < -0.39 is 188 Å². The minimum absolute atomic E-state index is 0.0191. The van der Waals surface area contributed by atoms with Gasteiger partial charge in [0.05, 0.1) is 65.9 Å². The van der Waals surface area contributed by atoms with E-state index in [9.17, 15) is 77.6 Å². The molecule has 1 aliphatic carbocycles. The monoisotopic (exact) mass is 1280 g/mol. The Morgan fingerprint density at radius 1 is 0.800 bits per heavy atom. The summed E-state index contributed by atoms with van der Waals surface area (Å²) in [6.07, 6.45) is 3.48. The van der Waals surface area contributed by atoms with Gasteiger partial charge in [-0.1, -0.05) is 46.5 Å². The molecule has 5 heterocycles. The number of H-pyrrole nitrogens is 1. The first-order chi connectivity index (χ1) is 42.8. The van der Waals surface area contributed by atoms with Crippen molar-refractivity contribution < 1.29 is 86.6 Å². The number of carbonyl (C=O) groups excluding carboxylic acids is 13. The number of imide groups is 1. The molecule has 0 radical (unpaired) electrons. The van der Waals surface area contributed by atoms with Crippen LogP contribution in [0.4, 0.5) is 0 Å². The number of hydrogen-bond donors (Lipinski definition) is 12. The highest BCUT2D eigenvalue weighted by molar-refractivity contribution is 7.85. The summed E-state index contributed by atoms with van der Waals surface area (Å²) in [7, 11) is -2.44. The van der Waals surface area contributed by atoms with Gasteiger partial charge in [0.15, 0.2) is 5.78 Å². The minimum atomic E-state index is -2.44. The molecule has 30 heteroatoms. The Morgan fingerprint density at radius 3 is 2.14 bits per heavy atom. The Kier molecular flexibility index (Phi) is 24.8. The largest absolute Gasteiger partial charge is 0.426 e. The number of hydrogen-bond acceptors (Lipinski definition) is 18. The molecule has 1 unspecified atom stereocenters. The molecular formula is C60H83N11O18S. The number of rotatable bonds is 19. The zero-order valence-electron chi connectivity index (χ0n) is 50.7. The first-order valence-electron chi connectivity index (χ1n) is 30.7. The van der Waals surface area contributed by atoms with E-state index in [1.165, 1.54) is 42.2 Å². The zero-order chi connectivity index (χ0) is 65.5. The second kappa shape index (κ2) is 32.2. The first-order valence-corrected chi connectivity index (χ1v) is 32.1. The topological polar surface area (TPSA) is 441 Å². The van der Waals surface area contributed by atoms with E-state index in [2.05, 4.69) is 42.2 Å². The average molecular weight is 1280 g/mol. The van der Waals surface area contributed by atoms with Crippen molar-refractivity contribution in [3.8, 4) is 5.75 Å². The van der Waals surface area contributed by atoms with Gasteiger partial charge in [-0.15, -0.1) is 0 Å². The second-order valence-electron chi connectivity index (χ2n) is 24.1. The van der Waals surface area contributed by atoms with Crippen LogP contribution in [0, 0.1) is 29.6 Å². The van der Waals surface area contributed by atoms with Crippen LogP contribution in [0.25, 0.3) is 10.9 Å². The van der Waals surface area contributed by atoms with Crippen LogP contribution in [0.3, 0.4) is 0 Å². The Balaban J connectivity index is 1.13. The van der Waals surface area contributed by atoms with Gasteiger partial charge in [-0.2, -0.15) is 0 Å². The number of aromatic amines is 1. The number of primary amides is 1. The third-order valence-electron chi connectivity index (χ3n) is 17.5.